The molecule has 0 heterocycles. The van der Waals surface area contributed by atoms with Crippen LogP contribution in [0.2, 0.25) is 0 Å². The number of hydrogen-bond donors (Lipinski definition) is 0. The van der Waals surface area contributed by atoms with Crippen molar-refractivity contribution < 1.29 is 28.3 Å². The van der Waals surface area contributed by atoms with Gasteiger partial charge >= 0.3 is 18.9 Å². The van der Waals surface area contributed by atoms with Crippen LogP contribution in [-0.4, -0.2) is 19.5 Å². The summed E-state index contributed by atoms with van der Waals surface area (Å²) in [6.07, 6.45) is 11.7. The third-order valence-electron chi connectivity index (χ3n) is 3.04. The number of hydrogen-bond acceptors (Lipinski definition) is 2. The van der Waals surface area contributed by atoms with Crippen LogP contribution in [0.3, 0.4) is 0 Å². The minimum absolute atomic E-state index is 0. The van der Waals surface area contributed by atoms with E-state index >= 15 is 0 Å². The molecule has 0 amide bonds. The van der Waals surface area contributed by atoms with Gasteiger partial charge in [0.15, 0.2) is 6.29 Å². The van der Waals surface area contributed by atoms with E-state index in [-0.39, 0.29) is 25.2 Å². The van der Waals surface area contributed by atoms with Crippen LogP contribution in [0.4, 0.5) is 0 Å². The second-order valence-corrected chi connectivity index (χ2v) is 4.93. The second kappa shape index (κ2) is 18.5. The van der Waals surface area contributed by atoms with Crippen molar-refractivity contribution in [2.24, 2.45) is 0 Å². The third-order valence-corrected chi connectivity index (χ3v) is 3.04. The molecular formula is C16H33LiO2. The molecule has 0 saturated heterocycles. The summed E-state index contributed by atoms with van der Waals surface area (Å²) in [6, 6.07) is 0. The molecule has 0 fully saturated rings. The van der Waals surface area contributed by atoms with Gasteiger partial charge in [-0.3, -0.25) is 0 Å². The summed E-state index contributed by atoms with van der Waals surface area (Å²) in [6.45, 7) is 9.99. The van der Waals surface area contributed by atoms with E-state index in [1.807, 2.05) is 0 Å². The Hall–Kier alpha value is 0.517. The largest absolute Gasteiger partial charge is 1.00 e. The molecule has 0 aromatic carbocycles. The standard InChI is InChI=1S/C16H33O2.Li/c1-4-7-10-13-16(17-14-11-8-5-2)18-15-12-9-6-3;/h16H,1,4-15H2,2-3H3;/q-1;+1. The minimum atomic E-state index is 0. The van der Waals surface area contributed by atoms with E-state index in [0.29, 0.717) is 0 Å². The maximum absolute atomic E-state index is 5.83. The number of unbranched alkanes of at least 4 members (excludes halogenated alkanes) is 6. The van der Waals surface area contributed by atoms with Gasteiger partial charge < -0.3 is 16.4 Å². The van der Waals surface area contributed by atoms with Crippen molar-refractivity contribution in [3.05, 3.63) is 6.92 Å². The molecule has 19 heavy (non-hydrogen) atoms. The van der Waals surface area contributed by atoms with Crippen LogP contribution in [-0.2, 0) is 9.47 Å². The van der Waals surface area contributed by atoms with Crippen LogP contribution in [0.1, 0.15) is 78.1 Å². The molecule has 0 aromatic rings. The average molecular weight is 264 g/mol. The van der Waals surface area contributed by atoms with Crippen LogP contribution in [0.25, 0.3) is 0 Å². The van der Waals surface area contributed by atoms with E-state index in [2.05, 4.69) is 20.8 Å². The average Bonchev–Trinajstić information content (AvgIpc) is 2.39. The summed E-state index contributed by atoms with van der Waals surface area (Å²) in [4.78, 5) is 0. The third kappa shape index (κ3) is 16.5. The summed E-state index contributed by atoms with van der Waals surface area (Å²) < 4.78 is 11.7. The van der Waals surface area contributed by atoms with Gasteiger partial charge in [0.05, 0.1) is 0 Å². The zero-order valence-electron chi connectivity index (χ0n) is 13.6. The molecule has 2 nitrogen and oxygen atoms in total. The smallest absolute Gasteiger partial charge is 0.353 e. The van der Waals surface area contributed by atoms with Gasteiger partial charge in [0.25, 0.3) is 0 Å². The molecule has 0 N–H and O–H groups in total. The first-order valence-corrected chi connectivity index (χ1v) is 7.87. The fourth-order valence-electron chi connectivity index (χ4n) is 1.84. The van der Waals surface area contributed by atoms with Gasteiger partial charge in [0, 0.05) is 13.2 Å². The first-order chi connectivity index (χ1) is 8.85. The van der Waals surface area contributed by atoms with Crippen molar-refractivity contribution in [2.45, 2.75) is 84.3 Å². The van der Waals surface area contributed by atoms with Crippen molar-refractivity contribution >= 4 is 0 Å². The Morgan fingerprint density at radius 1 is 0.789 bits per heavy atom. The van der Waals surface area contributed by atoms with Gasteiger partial charge in [-0.25, -0.2) is 0 Å². The summed E-state index contributed by atoms with van der Waals surface area (Å²) in [5.74, 6) is 0. The molecule has 0 saturated carbocycles. The normalized spacial score (nSPS) is 10.7. The van der Waals surface area contributed by atoms with Gasteiger partial charge in [-0.1, -0.05) is 52.4 Å². The minimum Gasteiger partial charge on any atom is -0.353 e. The first-order valence-electron chi connectivity index (χ1n) is 7.87. The van der Waals surface area contributed by atoms with Crippen molar-refractivity contribution in [1.29, 1.82) is 0 Å². The molecule has 0 bridgehead atoms. The molecule has 0 aromatic heterocycles. The Balaban J connectivity index is 0. The van der Waals surface area contributed by atoms with Crippen LogP contribution in [0.5, 0.6) is 0 Å². The molecule has 110 valence electrons. The van der Waals surface area contributed by atoms with Crippen LogP contribution in [0.15, 0.2) is 0 Å². The quantitative estimate of drug-likeness (QED) is 0.207. The molecule has 0 aliphatic heterocycles. The van der Waals surface area contributed by atoms with Crippen LogP contribution < -0.4 is 18.9 Å². The van der Waals surface area contributed by atoms with E-state index in [0.717, 1.165) is 45.3 Å². The molecule has 0 atom stereocenters. The van der Waals surface area contributed by atoms with Gasteiger partial charge in [-0.2, -0.15) is 6.42 Å². The Kier molecular flexibility index (Phi) is 21.3. The van der Waals surface area contributed by atoms with Crippen LogP contribution in [0, 0.1) is 6.92 Å². The summed E-state index contributed by atoms with van der Waals surface area (Å²) in [5.41, 5.74) is 0. The van der Waals surface area contributed by atoms with E-state index in [1.165, 1.54) is 32.1 Å². The molecule has 0 aliphatic carbocycles. The van der Waals surface area contributed by atoms with E-state index in [1.54, 1.807) is 0 Å². The van der Waals surface area contributed by atoms with Gasteiger partial charge in [-0.05, 0) is 19.3 Å². The predicted octanol–water partition coefficient (Wildman–Crippen LogP) is 2.12. The Morgan fingerprint density at radius 2 is 1.32 bits per heavy atom. The molecular weight excluding hydrogens is 231 g/mol. The Labute approximate surface area is 133 Å². The zero-order valence-corrected chi connectivity index (χ0v) is 13.6. The van der Waals surface area contributed by atoms with E-state index in [9.17, 15) is 0 Å². The fourth-order valence-corrected chi connectivity index (χ4v) is 1.84. The maximum Gasteiger partial charge on any atom is 1.00 e. The van der Waals surface area contributed by atoms with Gasteiger partial charge in [0.2, 0.25) is 0 Å². The SMILES string of the molecule is [CH2-]CCCCC(OCCCCC)OCCCCC.[Li+]. The molecule has 3 heteroatoms. The first kappa shape index (κ1) is 21.8. The molecule has 0 spiro atoms. The maximum atomic E-state index is 5.83. The Morgan fingerprint density at radius 3 is 1.74 bits per heavy atom. The summed E-state index contributed by atoms with van der Waals surface area (Å²) in [5, 5.41) is 0. The number of rotatable bonds is 14. The summed E-state index contributed by atoms with van der Waals surface area (Å²) >= 11 is 0. The second-order valence-electron chi connectivity index (χ2n) is 4.93. The van der Waals surface area contributed by atoms with E-state index in [4.69, 9.17) is 9.47 Å². The van der Waals surface area contributed by atoms with E-state index < -0.39 is 0 Å². The zero-order chi connectivity index (χ0) is 13.5. The summed E-state index contributed by atoms with van der Waals surface area (Å²) in [7, 11) is 0. The molecule has 0 unspecified atom stereocenters. The Bertz CT molecular complexity index is 142. The van der Waals surface area contributed by atoms with Crippen LogP contribution >= 0.6 is 0 Å². The monoisotopic (exact) mass is 264 g/mol. The van der Waals surface area contributed by atoms with Crippen molar-refractivity contribution in [3.63, 3.8) is 0 Å². The molecule has 0 rings (SSSR count). The van der Waals surface area contributed by atoms with Crippen molar-refractivity contribution in [2.75, 3.05) is 13.2 Å². The fraction of sp³-hybridized carbons (Fsp3) is 0.938. The van der Waals surface area contributed by atoms with Crippen molar-refractivity contribution in [1.82, 2.24) is 0 Å². The predicted molar refractivity (Wildman–Crippen MR) is 78.6 cm³/mol. The topological polar surface area (TPSA) is 18.5 Å². The van der Waals surface area contributed by atoms with Gasteiger partial charge in [-0.15, -0.1) is 0 Å². The molecule has 0 radical (unpaired) electrons. The van der Waals surface area contributed by atoms with Crippen molar-refractivity contribution in [3.8, 4) is 0 Å². The number of ether oxygens (including phenoxy) is 2. The van der Waals surface area contributed by atoms with Gasteiger partial charge in [0.1, 0.15) is 0 Å². The molecule has 0 aliphatic rings.